The average Bonchev–Trinajstić information content (AvgIpc) is 2.85. The Morgan fingerprint density at radius 1 is 1.43 bits per heavy atom. The molecule has 0 spiro atoms. The molecule has 1 atom stereocenters. The van der Waals surface area contributed by atoms with Gasteiger partial charge >= 0.3 is 0 Å². The summed E-state index contributed by atoms with van der Waals surface area (Å²) >= 11 is 0. The average molecular weight is 288 g/mol. The molecule has 0 bridgehead atoms. The lowest BCUT2D eigenvalue weighted by Crippen LogP contribution is -2.51. The standard InChI is InChI=1S/C16H24N4O/c1-4-14-19-12-8-5-6-9-13(12)20(14)11-7-10-16(2,18-3)15(17)21/h5-6,8-9,18H,4,7,10-11H2,1-3H3,(H2,17,21). The molecule has 3 N–H and O–H groups in total. The minimum atomic E-state index is -0.650. The molecule has 1 aromatic carbocycles. The summed E-state index contributed by atoms with van der Waals surface area (Å²) in [5.74, 6) is 0.776. The van der Waals surface area contributed by atoms with E-state index in [0.29, 0.717) is 6.42 Å². The lowest BCUT2D eigenvalue weighted by molar-refractivity contribution is -0.123. The molecule has 1 amide bonds. The first kappa shape index (κ1) is 15.5. The predicted octanol–water partition coefficient (Wildman–Crippen LogP) is 1.84. The number of aryl methyl sites for hydroxylation is 2. The largest absolute Gasteiger partial charge is 0.368 e. The van der Waals surface area contributed by atoms with Crippen molar-refractivity contribution in [3.8, 4) is 0 Å². The van der Waals surface area contributed by atoms with E-state index in [0.717, 1.165) is 36.2 Å². The van der Waals surface area contributed by atoms with Crippen LogP contribution in [0, 0.1) is 0 Å². The second kappa shape index (κ2) is 6.26. The van der Waals surface area contributed by atoms with Crippen LogP contribution in [0.2, 0.25) is 0 Å². The molecular weight excluding hydrogens is 264 g/mol. The fraction of sp³-hybridized carbons (Fsp3) is 0.500. The Balaban J connectivity index is 2.15. The minimum absolute atomic E-state index is 0.309. The number of rotatable bonds is 7. The smallest absolute Gasteiger partial charge is 0.237 e. The zero-order valence-electron chi connectivity index (χ0n) is 13.0. The first-order chi connectivity index (χ1) is 10.0. The summed E-state index contributed by atoms with van der Waals surface area (Å²) in [6.07, 6.45) is 2.47. The van der Waals surface area contributed by atoms with Crippen molar-refractivity contribution in [3.63, 3.8) is 0 Å². The maximum absolute atomic E-state index is 11.5. The number of likely N-dealkylation sites (N-methyl/N-ethyl adjacent to an activating group) is 1. The molecule has 5 heteroatoms. The van der Waals surface area contributed by atoms with Gasteiger partial charge in [-0.3, -0.25) is 4.79 Å². The Kier molecular flexibility index (Phi) is 4.63. The van der Waals surface area contributed by atoms with E-state index in [2.05, 4.69) is 27.9 Å². The van der Waals surface area contributed by atoms with Gasteiger partial charge in [-0.15, -0.1) is 0 Å². The summed E-state index contributed by atoms with van der Waals surface area (Å²) in [6.45, 7) is 4.80. The molecule has 0 saturated carbocycles. The van der Waals surface area contributed by atoms with Gasteiger partial charge in [-0.1, -0.05) is 19.1 Å². The second-order valence-electron chi connectivity index (χ2n) is 5.57. The van der Waals surface area contributed by atoms with Crippen molar-refractivity contribution >= 4 is 16.9 Å². The molecule has 0 aliphatic heterocycles. The van der Waals surface area contributed by atoms with Crippen LogP contribution in [0.3, 0.4) is 0 Å². The van der Waals surface area contributed by atoms with E-state index in [9.17, 15) is 4.79 Å². The van der Waals surface area contributed by atoms with Crippen molar-refractivity contribution < 1.29 is 4.79 Å². The summed E-state index contributed by atoms with van der Waals surface area (Å²) in [5.41, 5.74) is 7.00. The molecule has 2 aromatic rings. The van der Waals surface area contributed by atoms with E-state index in [1.807, 2.05) is 25.1 Å². The van der Waals surface area contributed by atoms with Crippen LogP contribution >= 0.6 is 0 Å². The second-order valence-corrected chi connectivity index (χ2v) is 5.57. The molecule has 0 aliphatic rings. The maximum atomic E-state index is 11.5. The number of carbonyl (C=O) groups excluding carboxylic acids is 1. The van der Waals surface area contributed by atoms with Crippen molar-refractivity contribution in [2.45, 2.75) is 45.2 Å². The third kappa shape index (κ3) is 3.08. The van der Waals surface area contributed by atoms with Crippen LogP contribution in [-0.4, -0.2) is 28.0 Å². The van der Waals surface area contributed by atoms with E-state index < -0.39 is 5.54 Å². The van der Waals surface area contributed by atoms with Gasteiger partial charge in [0.15, 0.2) is 0 Å². The number of aromatic nitrogens is 2. The molecule has 0 aliphatic carbocycles. The van der Waals surface area contributed by atoms with Gasteiger partial charge in [-0.25, -0.2) is 4.98 Å². The van der Waals surface area contributed by atoms with Gasteiger partial charge in [0.25, 0.3) is 0 Å². The first-order valence-electron chi connectivity index (χ1n) is 7.45. The third-order valence-electron chi connectivity index (χ3n) is 4.20. The highest BCUT2D eigenvalue weighted by Gasteiger charge is 2.28. The maximum Gasteiger partial charge on any atom is 0.237 e. The van der Waals surface area contributed by atoms with Crippen molar-refractivity contribution in [1.82, 2.24) is 14.9 Å². The Bertz CT molecular complexity index is 634. The monoisotopic (exact) mass is 288 g/mol. The summed E-state index contributed by atoms with van der Waals surface area (Å²) in [5, 5.41) is 3.02. The normalized spacial score (nSPS) is 14.2. The molecule has 21 heavy (non-hydrogen) atoms. The Hall–Kier alpha value is -1.88. The van der Waals surface area contributed by atoms with Crippen LogP contribution in [-0.2, 0) is 17.8 Å². The summed E-state index contributed by atoms with van der Waals surface area (Å²) in [6, 6.07) is 8.16. The summed E-state index contributed by atoms with van der Waals surface area (Å²) in [7, 11) is 1.77. The van der Waals surface area contributed by atoms with Crippen molar-refractivity contribution in [1.29, 1.82) is 0 Å². The van der Waals surface area contributed by atoms with Gasteiger partial charge in [0.2, 0.25) is 5.91 Å². The topological polar surface area (TPSA) is 72.9 Å². The molecule has 0 saturated heterocycles. The highest BCUT2D eigenvalue weighted by molar-refractivity contribution is 5.84. The molecule has 1 aromatic heterocycles. The molecule has 114 valence electrons. The zero-order valence-corrected chi connectivity index (χ0v) is 13.0. The number of nitrogens with one attached hydrogen (secondary N) is 1. The number of amides is 1. The molecule has 1 unspecified atom stereocenters. The van der Waals surface area contributed by atoms with Gasteiger partial charge in [0, 0.05) is 13.0 Å². The molecule has 0 radical (unpaired) electrons. The summed E-state index contributed by atoms with van der Waals surface area (Å²) in [4.78, 5) is 16.2. The fourth-order valence-corrected chi connectivity index (χ4v) is 2.61. The van der Waals surface area contributed by atoms with Gasteiger partial charge in [-0.05, 0) is 38.9 Å². The lowest BCUT2D eigenvalue weighted by atomic mass is 9.95. The van der Waals surface area contributed by atoms with E-state index in [1.54, 1.807) is 7.05 Å². The highest BCUT2D eigenvalue weighted by atomic mass is 16.1. The first-order valence-corrected chi connectivity index (χ1v) is 7.45. The number of nitrogens with two attached hydrogens (primary N) is 1. The highest BCUT2D eigenvalue weighted by Crippen LogP contribution is 2.19. The van der Waals surface area contributed by atoms with E-state index in [-0.39, 0.29) is 5.91 Å². The number of hydrogen-bond acceptors (Lipinski definition) is 3. The number of carbonyl (C=O) groups is 1. The Labute approximate surface area is 125 Å². The molecule has 0 fully saturated rings. The van der Waals surface area contributed by atoms with E-state index >= 15 is 0 Å². The van der Waals surface area contributed by atoms with Crippen molar-refractivity contribution in [2.24, 2.45) is 5.73 Å². The summed E-state index contributed by atoms with van der Waals surface area (Å²) < 4.78 is 2.24. The number of fused-ring (bicyclic) bond motifs is 1. The van der Waals surface area contributed by atoms with E-state index in [4.69, 9.17) is 5.73 Å². The molecule has 1 heterocycles. The Morgan fingerprint density at radius 3 is 2.76 bits per heavy atom. The van der Waals surface area contributed by atoms with Crippen molar-refractivity contribution in [3.05, 3.63) is 30.1 Å². The number of nitrogens with zero attached hydrogens (tertiary/aromatic N) is 2. The Morgan fingerprint density at radius 2 is 2.14 bits per heavy atom. The van der Waals surface area contributed by atoms with Gasteiger partial charge in [-0.2, -0.15) is 0 Å². The SMILES string of the molecule is CCc1nc2ccccc2n1CCCC(C)(NC)C(N)=O. The fourth-order valence-electron chi connectivity index (χ4n) is 2.61. The molecular formula is C16H24N4O. The van der Waals surface area contributed by atoms with E-state index in [1.165, 1.54) is 0 Å². The van der Waals surface area contributed by atoms with Gasteiger partial charge < -0.3 is 15.6 Å². The van der Waals surface area contributed by atoms with Crippen LogP contribution in [0.15, 0.2) is 24.3 Å². The molecule has 2 rings (SSSR count). The quantitative estimate of drug-likeness (QED) is 0.816. The zero-order chi connectivity index (χ0) is 15.5. The van der Waals surface area contributed by atoms with Crippen LogP contribution in [0.4, 0.5) is 0 Å². The van der Waals surface area contributed by atoms with Crippen LogP contribution in [0.5, 0.6) is 0 Å². The van der Waals surface area contributed by atoms with Crippen LogP contribution in [0.25, 0.3) is 11.0 Å². The number of hydrogen-bond donors (Lipinski definition) is 2. The number of benzene rings is 1. The van der Waals surface area contributed by atoms with Crippen LogP contribution < -0.4 is 11.1 Å². The van der Waals surface area contributed by atoms with Crippen molar-refractivity contribution in [2.75, 3.05) is 7.05 Å². The number of imidazole rings is 1. The number of para-hydroxylation sites is 2. The molecule has 5 nitrogen and oxygen atoms in total. The minimum Gasteiger partial charge on any atom is -0.368 e. The van der Waals surface area contributed by atoms with Gasteiger partial charge in [0.05, 0.1) is 16.6 Å². The lowest BCUT2D eigenvalue weighted by Gasteiger charge is -2.25. The third-order valence-corrected chi connectivity index (χ3v) is 4.20. The number of primary amides is 1. The van der Waals surface area contributed by atoms with Gasteiger partial charge in [0.1, 0.15) is 5.82 Å². The predicted molar refractivity (Wildman–Crippen MR) is 85.0 cm³/mol. The van der Waals surface area contributed by atoms with Crippen LogP contribution in [0.1, 0.15) is 32.5 Å².